The van der Waals surface area contributed by atoms with Crippen molar-refractivity contribution in [2.45, 2.75) is 38.3 Å². The van der Waals surface area contributed by atoms with Crippen LogP contribution in [0.25, 0.3) is 6.08 Å². The van der Waals surface area contributed by atoms with Gasteiger partial charge in [-0.05, 0) is 42.8 Å². The molecule has 1 amide bonds. The number of anilines is 1. The second-order valence-corrected chi connectivity index (χ2v) is 7.21. The highest BCUT2D eigenvalue weighted by Crippen LogP contribution is 2.52. The molecule has 0 saturated carbocycles. The van der Waals surface area contributed by atoms with Crippen LogP contribution in [0.1, 0.15) is 37.2 Å². The van der Waals surface area contributed by atoms with Crippen LogP contribution in [0, 0.1) is 6.92 Å². The molecule has 124 valence electrons. The number of fused-ring (bicyclic) bond motifs is 3. The molecule has 1 N–H and O–H groups in total. The van der Waals surface area contributed by atoms with Crippen molar-refractivity contribution < 1.29 is 9.21 Å². The fourth-order valence-electron chi connectivity index (χ4n) is 4.06. The minimum absolute atomic E-state index is 0.0907. The van der Waals surface area contributed by atoms with E-state index in [1.165, 1.54) is 16.8 Å². The van der Waals surface area contributed by atoms with E-state index in [1.54, 1.807) is 6.26 Å². The molecule has 24 heavy (non-hydrogen) atoms. The fourth-order valence-corrected chi connectivity index (χ4v) is 4.06. The molecule has 1 aromatic heterocycles. The summed E-state index contributed by atoms with van der Waals surface area (Å²) < 4.78 is 5.44. The van der Waals surface area contributed by atoms with Crippen molar-refractivity contribution in [1.29, 1.82) is 0 Å². The van der Waals surface area contributed by atoms with Gasteiger partial charge in [-0.15, -0.1) is 0 Å². The summed E-state index contributed by atoms with van der Waals surface area (Å²) in [4.78, 5) is 14.6. The maximum Gasteiger partial charge on any atom is 0.223 e. The number of amides is 1. The lowest BCUT2D eigenvalue weighted by atomic mass is 9.74. The van der Waals surface area contributed by atoms with Gasteiger partial charge in [-0.3, -0.25) is 4.79 Å². The molecule has 0 radical (unpaired) electrons. The number of hydrogen-bond donors (Lipinski definition) is 1. The number of benzene rings is 1. The van der Waals surface area contributed by atoms with Gasteiger partial charge in [-0.2, -0.15) is 0 Å². The summed E-state index contributed by atoms with van der Waals surface area (Å²) in [7, 11) is 0. The summed E-state index contributed by atoms with van der Waals surface area (Å²) in [6.07, 6.45) is 6.21. The van der Waals surface area contributed by atoms with Crippen molar-refractivity contribution in [2.24, 2.45) is 0 Å². The highest BCUT2D eigenvalue weighted by Gasteiger charge is 2.57. The molecule has 3 heterocycles. The van der Waals surface area contributed by atoms with Crippen molar-refractivity contribution in [3.63, 3.8) is 0 Å². The van der Waals surface area contributed by atoms with E-state index in [4.69, 9.17) is 4.42 Å². The van der Waals surface area contributed by atoms with Crippen LogP contribution in [0.5, 0.6) is 0 Å². The van der Waals surface area contributed by atoms with E-state index in [1.807, 2.05) is 18.2 Å². The number of nitrogens with zero attached hydrogens (tertiary/aromatic N) is 1. The van der Waals surface area contributed by atoms with Gasteiger partial charge in [-0.25, -0.2) is 0 Å². The Bertz CT molecular complexity index is 820. The first kappa shape index (κ1) is 15.1. The number of hydrogen-bond acceptors (Lipinski definition) is 3. The van der Waals surface area contributed by atoms with Crippen molar-refractivity contribution in [3.8, 4) is 0 Å². The standard InChI is InChI=1S/C20H22N2O2/c1-14-6-7-17-16(13-14)19(2,3)20(10-8-15-5-4-12-24-15)21-18(23)9-11-22(17)20/h4-8,10,12-13H,9,11H2,1-3H3,(H,21,23)/t20-/m0/s1. The minimum atomic E-state index is -0.578. The van der Waals surface area contributed by atoms with Crippen molar-refractivity contribution in [1.82, 2.24) is 5.32 Å². The predicted molar refractivity (Wildman–Crippen MR) is 94.8 cm³/mol. The van der Waals surface area contributed by atoms with E-state index in [9.17, 15) is 4.79 Å². The van der Waals surface area contributed by atoms with E-state index in [0.29, 0.717) is 13.0 Å². The quantitative estimate of drug-likeness (QED) is 0.918. The first-order chi connectivity index (χ1) is 11.4. The van der Waals surface area contributed by atoms with Crippen LogP contribution in [0.3, 0.4) is 0 Å². The number of aryl methyl sites for hydroxylation is 1. The summed E-state index contributed by atoms with van der Waals surface area (Å²) in [5.41, 5.74) is 2.88. The third-order valence-corrected chi connectivity index (χ3v) is 5.42. The monoisotopic (exact) mass is 322 g/mol. The average molecular weight is 322 g/mol. The molecule has 0 spiro atoms. The Kier molecular flexibility index (Phi) is 3.14. The lowest BCUT2D eigenvalue weighted by molar-refractivity contribution is -0.124. The van der Waals surface area contributed by atoms with Crippen LogP contribution in [0.2, 0.25) is 0 Å². The molecule has 2 aromatic rings. The molecular formula is C20H22N2O2. The molecule has 2 aliphatic heterocycles. The Morgan fingerprint density at radius 3 is 2.88 bits per heavy atom. The zero-order chi connectivity index (χ0) is 16.9. The summed E-state index contributed by atoms with van der Waals surface area (Å²) in [6.45, 7) is 7.22. The zero-order valence-electron chi connectivity index (χ0n) is 14.3. The SMILES string of the molecule is Cc1ccc2c(c1)C(C)(C)[C@@]1(C=Cc3ccco3)NC(=O)CCN21. The molecule has 1 fully saturated rings. The van der Waals surface area contributed by atoms with Crippen LogP contribution < -0.4 is 10.2 Å². The van der Waals surface area contributed by atoms with Gasteiger partial charge in [0.25, 0.3) is 0 Å². The largest absolute Gasteiger partial charge is 0.465 e. The topological polar surface area (TPSA) is 45.5 Å². The Labute approximate surface area is 142 Å². The molecule has 1 saturated heterocycles. The van der Waals surface area contributed by atoms with Crippen LogP contribution in [0.15, 0.2) is 47.1 Å². The first-order valence-electron chi connectivity index (χ1n) is 8.37. The number of carbonyl (C=O) groups excluding carboxylic acids is 1. The summed E-state index contributed by atoms with van der Waals surface area (Å²) >= 11 is 0. The Balaban J connectivity index is 1.88. The van der Waals surface area contributed by atoms with E-state index in [0.717, 1.165) is 5.76 Å². The smallest absolute Gasteiger partial charge is 0.223 e. The van der Waals surface area contributed by atoms with E-state index in [-0.39, 0.29) is 11.3 Å². The summed E-state index contributed by atoms with van der Waals surface area (Å²) in [5.74, 6) is 0.875. The maximum absolute atomic E-state index is 12.3. The van der Waals surface area contributed by atoms with Crippen molar-refractivity contribution >= 4 is 17.7 Å². The van der Waals surface area contributed by atoms with E-state index >= 15 is 0 Å². The minimum Gasteiger partial charge on any atom is -0.465 e. The lowest BCUT2D eigenvalue weighted by Crippen LogP contribution is -2.68. The second kappa shape index (κ2) is 5.00. The Morgan fingerprint density at radius 2 is 2.12 bits per heavy atom. The van der Waals surface area contributed by atoms with E-state index in [2.05, 4.69) is 55.3 Å². The first-order valence-corrected chi connectivity index (χ1v) is 8.37. The zero-order valence-corrected chi connectivity index (χ0v) is 14.3. The molecule has 2 aliphatic rings. The molecule has 1 aromatic carbocycles. The number of furan rings is 1. The van der Waals surface area contributed by atoms with Gasteiger partial charge >= 0.3 is 0 Å². The third-order valence-electron chi connectivity index (χ3n) is 5.42. The van der Waals surface area contributed by atoms with Gasteiger partial charge in [0, 0.05) is 24.1 Å². The predicted octanol–water partition coefficient (Wildman–Crippen LogP) is 3.62. The van der Waals surface area contributed by atoms with Gasteiger partial charge in [0.1, 0.15) is 11.4 Å². The van der Waals surface area contributed by atoms with Gasteiger partial charge in [-0.1, -0.05) is 31.5 Å². The molecule has 1 atom stereocenters. The molecular weight excluding hydrogens is 300 g/mol. The summed E-state index contributed by atoms with van der Waals surface area (Å²) in [6, 6.07) is 10.3. The van der Waals surface area contributed by atoms with Gasteiger partial charge in [0.2, 0.25) is 5.91 Å². The van der Waals surface area contributed by atoms with Crippen molar-refractivity contribution in [3.05, 3.63) is 59.6 Å². The molecule has 4 heteroatoms. The average Bonchev–Trinajstić information content (AvgIpc) is 3.11. The van der Waals surface area contributed by atoms with Crippen LogP contribution in [0.4, 0.5) is 5.69 Å². The molecule has 0 aliphatic carbocycles. The highest BCUT2D eigenvalue weighted by molar-refractivity contribution is 5.84. The summed E-state index contributed by atoms with van der Waals surface area (Å²) in [5, 5.41) is 3.27. The van der Waals surface area contributed by atoms with Gasteiger partial charge < -0.3 is 14.6 Å². The molecule has 0 unspecified atom stereocenters. The van der Waals surface area contributed by atoms with Gasteiger partial charge in [0.05, 0.1) is 6.26 Å². The van der Waals surface area contributed by atoms with Crippen LogP contribution in [-0.2, 0) is 10.2 Å². The lowest BCUT2D eigenvalue weighted by Gasteiger charge is -2.49. The number of nitrogens with one attached hydrogen (secondary N) is 1. The normalized spacial score (nSPS) is 24.8. The number of carbonyl (C=O) groups is 1. The molecule has 4 rings (SSSR count). The third kappa shape index (κ3) is 1.95. The fraction of sp³-hybridized carbons (Fsp3) is 0.350. The Hall–Kier alpha value is -2.49. The maximum atomic E-state index is 12.3. The number of rotatable bonds is 2. The highest BCUT2D eigenvalue weighted by atomic mass is 16.3. The van der Waals surface area contributed by atoms with Crippen molar-refractivity contribution in [2.75, 3.05) is 11.4 Å². The molecule has 0 bridgehead atoms. The second-order valence-electron chi connectivity index (χ2n) is 7.21. The van der Waals surface area contributed by atoms with Crippen LogP contribution in [-0.4, -0.2) is 18.1 Å². The van der Waals surface area contributed by atoms with E-state index < -0.39 is 5.66 Å². The van der Waals surface area contributed by atoms with Crippen LogP contribution >= 0.6 is 0 Å². The Morgan fingerprint density at radius 1 is 1.29 bits per heavy atom. The van der Waals surface area contributed by atoms with Gasteiger partial charge in [0.15, 0.2) is 0 Å². The molecule has 4 nitrogen and oxygen atoms in total.